The zero-order valence-corrected chi connectivity index (χ0v) is 15.5. The highest BCUT2D eigenvalue weighted by Crippen LogP contribution is 2.26. The predicted molar refractivity (Wildman–Crippen MR) is 95.0 cm³/mol. The van der Waals surface area contributed by atoms with Gasteiger partial charge in [-0.1, -0.05) is 27.7 Å². The molecule has 0 heterocycles. The third-order valence-corrected chi connectivity index (χ3v) is 3.66. The molecule has 0 saturated heterocycles. The van der Waals surface area contributed by atoms with Crippen LogP contribution >= 0.6 is 0 Å². The molecule has 0 aromatic heterocycles. The van der Waals surface area contributed by atoms with Gasteiger partial charge in [0.1, 0.15) is 17.4 Å². The maximum absolute atomic E-state index is 12.6. The lowest BCUT2D eigenvalue weighted by Crippen LogP contribution is -2.43. The van der Waals surface area contributed by atoms with E-state index >= 15 is 0 Å². The molecule has 132 valence electrons. The highest BCUT2D eigenvalue weighted by molar-refractivity contribution is 5.97. The monoisotopic (exact) mass is 332 g/mol. The van der Waals surface area contributed by atoms with Crippen molar-refractivity contribution in [3.05, 3.63) is 23.8 Å². The summed E-state index contributed by atoms with van der Waals surface area (Å²) in [5, 5.41) is 12.1. The van der Waals surface area contributed by atoms with Crippen molar-refractivity contribution < 1.29 is 14.3 Å². The number of nitrogens with one attached hydrogen (secondary N) is 1. The fourth-order valence-electron chi connectivity index (χ4n) is 2.39. The number of benzene rings is 1. The summed E-state index contributed by atoms with van der Waals surface area (Å²) >= 11 is 0. The van der Waals surface area contributed by atoms with E-state index in [9.17, 15) is 10.1 Å². The largest absolute Gasteiger partial charge is 0.492 e. The number of carbonyl (C=O) groups is 1. The van der Waals surface area contributed by atoms with E-state index in [1.165, 1.54) is 7.11 Å². The number of ether oxygens (including phenoxy) is 2. The van der Waals surface area contributed by atoms with Gasteiger partial charge < -0.3 is 14.8 Å². The fraction of sp³-hybridized carbons (Fsp3) is 0.579. The van der Waals surface area contributed by atoms with Crippen LogP contribution in [0.25, 0.3) is 0 Å². The molecule has 1 rings (SSSR count). The molecular weight excluding hydrogens is 304 g/mol. The van der Waals surface area contributed by atoms with Gasteiger partial charge in [-0.15, -0.1) is 0 Å². The van der Waals surface area contributed by atoms with Crippen molar-refractivity contribution in [2.75, 3.05) is 19.0 Å². The second kappa shape index (κ2) is 8.70. The van der Waals surface area contributed by atoms with Crippen molar-refractivity contribution in [3.63, 3.8) is 0 Å². The lowest BCUT2D eigenvalue weighted by molar-refractivity contribution is -0.137. The van der Waals surface area contributed by atoms with Crippen LogP contribution in [-0.2, 0) is 9.53 Å². The first-order valence-corrected chi connectivity index (χ1v) is 8.25. The molecule has 0 radical (unpaired) electrons. The van der Waals surface area contributed by atoms with Crippen LogP contribution in [-0.4, -0.2) is 25.2 Å². The first-order valence-electron chi connectivity index (χ1n) is 8.25. The average molecular weight is 332 g/mol. The molecule has 1 amide bonds. The quantitative estimate of drug-likeness (QED) is 0.781. The Bertz CT molecular complexity index is 605. The summed E-state index contributed by atoms with van der Waals surface area (Å²) in [6, 6.07) is 7.18. The molecule has 5 heteroatoms. The van der Waals surface area contributed by atoms with Gasteiger partial charge in [-0.05, 0) is 43.4 Å². The smallest absolute Gasteiger partial charge is 0.256 e. The molecular formula is C19H28N2O3. The minimum Gasteiger partial charge on any atom is -0.492 e. The van der Waals surface area contributed by atoms with E-state index < -0.39 is 5.60 Å². The van der Waals surface area contributed by atoms with Crippen molar-refractivity contribution in [3.8, 4) is 11.8 Å². The molecule has 0 bridgehead atoms. The van der Waals surface area contributed by atoms with Gasteiger partial charge in [0.15, 0.2) is 0 Å². The van der Waals surface area contributed by atoms with E-state index in [1.807, 2.05) is 27.7 Å². The van der Waals surface area contributed by atoms with E-state index in [4.69, 9.17) is 9.47 Å². The molecule has 1 atom stereocenters. The Kier molecular flexibility index (Phi) is 7.24. The van der Waals surface area contributed by atoms with Crippen LogP contribution in [0.1, 0.15) is 46.6 Å². The van der Waals surface area contributed by atoms with Crippen molar-refractivity contribution in [1.82, 2.24) is 0 Å². The number of nitriles is 1. The van der Waals surface area contributed by atoms with E-state index in [2.05, 4.69) is 11.4 Å². The molecule has 1 aromatic rings. The van der Waals surface area contributed by atoms with Crippen LogP contribution in [0, 0.1) is 23.2 Å². The molecule has 0 spiro atoms. The van der Waals surface area contributed by atoms with Gasteiger partial charge in [0, 0.05) is 12.8 Å². The van der Waals surface area contributed by atoms with Crippen LogP contribution in [0.2, 0.25) is 0 Å². The number of amides is 1. The lowest BCUT2D eigenvalue weighted by atomic mass is 9.93. The van der Waals surface area contributed by atoms with Crippen molar-refractivity contribution in [1.29, 1.82) is 5.26 Å². The van der Waals surface area contributed by atoms with Gasteiger partial charge in [0.25, 0.3) is 5.91 Å². The highest BCUT2D eigenvalue weighted by atomic mass is 16.5. The SMILES string of the molecule is CO[C@](C)(CC(C)C)C(=O)Nc1ccc(OCC(C)C)c(C#N)c1. The number of methoxy groups -OCH3 is 1. The average Bonchev–Trinajstić information content (AvgIpc) is 2.52. The van der Waals surface area contributed by atoms with Gasteiger partial charge in [0.05, 0.1) is 12.2 Å². The van der Waals surface area contributed by atoms with Gasteiger partial charge in [-0.25, -0.2) is 0 Å². The number of nitrogens with zero attached hydrogens (tertiary/aromatic N) is 1. The third kappa shape index (κ3) is 5.54. The van der Waals surface area contributed by atoms with E-state index in [0.717, 1.165) is 0 Å². The van der Waals surface area contributed by atoms with Crippen molar-refractivity contribution in [2.24, 2.45) is 11.8 Å². The van der Waals surface area contributed by atoms with Crippen LogP contribution in [0.15, 0.2) is 18.2 Å². The highest BCUT2D eigenvalue weighted by Gasteiger charge is 2.34. The van der Waals surface area contributed by atoms with Gasteiger partial charge in [-0.2, -0.15) is 5.26 Å². The molecule has 0 aliphatic heterocycles. The summed E-state index contributed by atoms with van der Waals surface area (Å²) in [5.41, 5.74) is 0.0465. The maximum atomic E-state index is 12.6. The molecule has 0 saturated carbocycles. The fourth-order valence-corrected chi connectivity index (χ4v) is 2.39. The second-order valence-corrected chi connectivity index (χ2v) is 7.01. The first-order chi connectivity index (χ1) is 11.2. The number of hydrogen-bond acceptors (Lipinski definition) is 4. The minimum absolute atomic E-state index is 0.224. The Morgan fingerprint density at radius 1 is 1.29 bits per heavy atom. The Morgan fingerprint density at radius 3 is 2.46 bits per heavy atom. The summed E-state index contributed by atoms with van der Waals surface area (Å²) in [7, 11) is 1.53. The van der Waals surface area contributed by atoms with Crippen LogP contribution < -0.4 is 10.1 Å². The van der Waals surface area contributed by atoms with E-state index in [0.29, 0.717) is 41.9 Å². The molecule has 0 unspecified atom stereocenters. The molecule has 1 N–H and O–H groups in total. The zero-order valence-electron chi connectivity index (χ0n) is 15.5. The van der Waals surface area contributed by atoms with Crippen LogP contribution in [0.5, 0.6) is 5.75 Å². The van der Waals surface area contributed by atoms with E-state index in [-0.39, 0.29) is 5.91 Å². The second-order valence-electron chi connectivity index (χ2n) is 7.01. The summed E-state index contributed by atoms with van der Waals surface area (Å²) in [6.07, 6.45) is 0.607. The third-order valence-electron chi connectivity index (χ3n) is 3.66. The number of rotatable bonds is 8. The van der Waals surface area contributed by atoms with E-state index in [1.54, 1.807) is 25.1 Å². The molecule has 0 aliphatic carbocycles. The van der Waals surface area contributed by atoms with Crippen LogP contribution in [0.3, 0.4) is 0 Å². The maximum Gasteiger partial charge on any atom is 0.256 e. The van der Waals surface area contributed by atoms with Crippen LogP contribution in [0.4, 0.5) is 5.69 Å². The number of carbonyl (C=O) groups excluding carboxylic acids is 1. The van der Waals surface area contributed by atoms with Crippen molar-refractivity contribution in [2.45, 2.75) is 46.6 Å². The first kappa shape index (κ1) is 20.0. The Morgan fingerprint density at radius 2 is 1.96 bits per heavy atom. The Balaban J connectivity index is 2.92. The predicted octanol–water partition coefficient (Wildman–Crippen LogP) is 3.98. The normalized spacial score (nSPS) is 13.5. The van der Waals surface area contributed by atoms with Gasteiger partial charge >= 0.3 is 0 Å². The zero-order chi connectivity index (χ0) is 18.3. The summed E-state index contributed by atoms with van der Waals surface area (Å²) in [6.45, 7) is 10.5. The molecule has 1 aromatic carbocycles. The van der Waals surface area contributed by atoms with Gasteiger partial charge in [-0.3, -0.25) is 4.79 Å². The number of anilines is 1. The Hall–Kier alpha value is -2.06. The minimum atomic E-state index is -0.909. The topological polar surface area (TPSA) is 71.3 Å². The van der Waals surface area contributed by atoms with Gasteiger partial charge in [0.2, 0.25) is 0 Å². The summed E-state index contributed by atoms with van der Waals surface area (Å²) < 4.78 is 11.1. The molecule has 24 heavy (non-hydrogen) atoms. The Labute approximate surface area is 145 Å². The summed E-state index contributed by atoms with van der Waals surface area (Å²) in [5.74, 6) is 0.996. The standard InChI is InChI=1S/C19H28N2O3/c1-13(2)10-19(5,23-6)18(22)21-16-7-8-17(15(9-16)11-20)24-12-14(3)4/h7-9,13-14H,10,12H2,1-6H3,(H,21,22)/t19-/m1/s1. The summed E-state index contributed by atoms with van der Waals surface area (Å²) in [4.78, 5) is 12.6. The molecule has 0 fully saturated rings. The molecule has 0 aliphatic rings. The number of hydrogen-bond donors (Lipinski definition) is 1. The molecule has 5 nitrogen and oxygen atoms in total. The lowest BCUT2D eigenvalue weighted by Gasteiger charge is -2.28. The van der Waals surface area contributed by atoms with Crippen molar-refractivity contribution >= 4 is 11.6 Å².